The molecule has 0 aliphatic carbocycles. The Morgan fingerprint density at radius 2 is 1.67 bits per heavy atom. The maximum atomic E-state index is 13.6. The summed E-state index contributed by atoms with van der Waals surface area (Å²) < 4.78 is 18.8. The molecule has 1 N–H and O–H groups in total. The lowest BCUT2D eigenvalue weighted by atomic mass is 9.88. The molecule has 0 amide bonds. The molecule has 0 aromatic carbocycles. The lowest BCUT2D eigenvalue weighted by Gasteiger charge is -2.26. The van der Waals surface area contributed by atoms with Crippen molar-refractivity contribution < 1.29 is 13.9 Å². The van der Waals surface area contributed by atoms with E-state index in [0.717, 1.165) is 0 Å². The topological polar surface area (TPSA) is 38.3 Å². The van der Waals surface area contributed by atoms with Gasteiger partial charge in [-0.15, -0.1) is 0 Å². The predicted molar refractivity (Wildman–Crippen MR) is 72.5 cm³/mol. The molecule has 0 spiro atoms. The molecule has 18 heavy (non-hydrogen) atoms. The summed E-state index contributed by atoms with van der Waals surface area (Å²) in [6.45, 7) is 13.5. The first-order valence-corrected chi connectivity index (χ1v) is 6.47. The Bertz CT molecular complexity index is 266. The van der Waals surface area contributed by atoms with Crippen LogP contribution < -0.4 is 5.32 Å². The van der Waals surface area contributed by atoms with Crippen LogP contribution in [0.5, 0.6) is 0 Å². The molecule has 0 unspecified atom stereocenters. The predicted octanol–water partition coefficient (Wildman–Crippen LogP) is 2.73. The van der Waals surface area contributed by atoms with Crippen molar-refractivity contribution in [1.29, 1.82) is 0 Å². The third kappa shape index (κ3) is 7.77. The SMILES string of the molecule is C[C@@H](COC[C@H](F)C(=O)C(C)(C)C)NC(C)(C)C. The van der Waals surface area contributed by atoms with Gasteiger partial charge < -0.3 is 10.1 Å². The van der Waals surface area contributed by atoms with Gasteiger partial charge in [0.2, 0.25) is 0 Å². The molecule has 0 bridgehead atoms. The lowest BCUT2D eigenvalue weighted by Crippen LogP contribution is -2.44. The zero-order chi connectivity index (χ0) is 14.6. The summed E-state index contributed by atoms with van der Waals surface area (Å²) in [6.07, 6.45) is -1.54. The van der Waals surface area contributed by atoms with Crippen molar-refractivity contribution in [3.63, 3.8) is 0 Å². The second-order valence-corrected chi connectivity index (χ2v) is 6.91. The van der Waals surface area contributed by atoms with Crippen LogP contribution in [0.1, 0.15) is 48.5 Å². The molecule has 0 radical (unpaired) electrons. The summed E-state index contributed by atoms with van der Waals surface area (Å²) in [7, 11) is 0. The first-order valence-electron chi connectivity index (χ1n) is 6.47. The van der Waals surface area contributed by atoms with E-state index in [0.29, 0.717) is 6.61 Å². The quantitative estimate of drug-likeness (QED) is 0.799. The smallest absolute Gasteiger partial charge is 0.182 e. The Hall–Kier alpha value is -0.480. The minimum absolute atomic E-state index is 0.000871. The Kier molecular flexibility index (Phi) is 6.44. The number of nitrogens with one attached hydrogen (secondary N) is 1. The van der Waals surface area contributed by atoms with Crippen LogP contribution in [-0.2, 0) is 9.53 Å². The first-order chi connectivity index (χ1) is 7.93. The molecule has 0 aliphatic heterocycles. The van der Waals surface area contributed by atoms with Gasteiger partial charge in [0.15, 0.2) is 12.0 Å². The Morgan fingerprint density at radius 3 is 2.06 bits per heavy atom. The maximum absolute atomic E-state index is 13.6. The monoisotopic (exact) mass is 261 g/mol. The van der Waals surface area contributed by atoms with Gasteiger partial charge in [0.1, 0.15) is 0 Å². The molecule has 2 atom stereocenters. The van der Waals surface area contributed by atoms with Crippen molar-refractivity contribution in [1.82, 2.24) is 5.32 Å². The number of hydrogen-bond donors (Lipinski definition) is 1. The van der Waals surface area contributed by atoms with Crippen molar-refractivity contribution in [2.45, 2.75) is 66.2 Å². The van der Waals surface area contributed by atoms with E-state index in [9.17, 15) is 9.18 Å². The van der Waals surface area contributed by atoms with Crippen molar-refractivity contribution in [3.05, 3.63) is 0 Å². The second kappa shape index (κ2) is 6.62. The van der Waals surface area contributed by atoms with Gasteiger partial charge in [0.25, 0.3) is 0 Å². The highest BCUT2D eigenvalue weighted by Gasteiger charge is 2.29. The van der Waals surface area contributed by atoms with Gasteiger partial charge in [0.05, 0.1) is 13.2 Å². The van der Waals surface area contributed by atoms with E-state index in [1.165, 1.54) is 0 Å². The summed E-state index contributed by atoms with van der Waals surface area (Å²) in [4.78, 5) is 11.6. The molecule has 0 rings (SSSR count). The average Bonchev–Trinajstić information content (AvgIpc) is 2.11. The Balaban J connectivity index is 3.95. The largest absolute Gasteiger partial charge is 0.376 e. The van der Waals surface area contributed by atoms with E-state index in [-0.39, 0.29) is 18.2 Å². The molecule has 0 aromatic heterocycles. The third-order valence-electron chi connectivity index (χ3n) is 2.34. The van der Waals surface area contributed by atoms with Crippen LogP contribution in [0.3, 0.4) is 0 Å². The molecule has 0 aromatic rings. The molecular weight excluding hydrogens is 233 g/mol. The van der Waals surface area contributed by atoms with Gasteiger partial charge in [0, 0.05) is 17.0 Å². The highest BCUT2D eigenvalue weighted by atomic mass is 19.1. The zero-order valence-corrected chi connectivity index (χ0v) is 12.8. The Morgan fingerprint density at radius 1 is 1.17 bits per heavy atom. The second-order valence-electron chi connectivity index (χ2n) is 6.91. The van der Waals surface area contributed by atoms with E-state index in [1.807, 2.05) is 6.92 Å². The fraction of sp³-hybridized carbons (Fsp3) is 0.929. The van der Waals surface area contributed by atoms with E-state index in [4.69, 9.17) is 4.74 Å². The Labute approximate surface area is 110 Å². The van der Waals surface area contributed by atoms with Crippen molar-refractivity contribution in [2.24, 2.45) is 5.41 Å². The fourth-order valence-electron chi connectivity index (χ4n) is 1.67. The molecule has 4 heteroatoms. The van der Waals surface area contributed by atoms with Crippen molar-refractivity contribution >= 4 is 5.78 Å². The van der Waals surface area contributed by atoms with Crippen molar-refractivity contribution in [2.75, 3.05) is 13.2 Å². The first kappa shape index (κ1) is 17.5. The third-order valence-corrected chi connectivity index (χ3v) is 2.34. The van der Waals surface area contributed by atoms with E-state index in [1.54, 1.807) is 20.8 Å². The van der Waals surface area contributed by atoms with Crippen LogP contribution in [0.25, 0.3) is 0 Å². The summed E-state index contributed by atoms with van der Waals surface area (Å²) in [5.74, 6) is -0.404. The summed E-state index contributed by atoms with van der Waals surface area (Å²) in [6, 6.07) is 0.127. The fourth-order valence-corrected chi connectivity index (χ4v) is 1.67. The van der Waals surface area contributed by atoms with Gasteiger partial charge in [-0.05, 0) is 27.7 Å². The highest BCUT2D eigenvalue weighted by molar-refractivity contribution is 5.87. The highest BCUT2D eigenvalue weighted by Crippen LogP contribution is 2.18. The minimum atomic E-state index is -1.54. The molecule has 0 saturated carbocycles. The lowest BCUT2D eigenvalue weighted by molar-refractivity contribution is -0.133. The minimum Gasteiger partial charge on any atom is -0.376 e. The molecule has 0 aliphatic rings. The summed E-state index contributed by atoms with van der Waals surface area (Å²) in [5, 5.41) is 3.32. The number of carbonyl (C=O) groups excluding carboxylic acids is 1. The van der Waals surface area contributed by atoms with Gasteiger partial charge in [-0.3, -0.25) is 4.79 Å². The van der Waals surface area contributed by atoms with Gasteiger partial charge in [-0.25, -0.2) is 4.39 Å². The normalized spacial score (nSPS) is 16.4. The average molecular weight is 261 g/mol. The number of Topliss-reactive ketones (excluding diaryl/α,β-unsaturated/α-hetero) is 1. The van der Waals surface area contributed by atoms with E-state index < -0.39 is 17.4 Å². The van der Waals surface area contributed by atoms with Crippen LogP contribution in [-0.4, -0.2) is 36.7 Å². The molecular formula is C14H28FNO2. The van der Waals surface area contributed by atoms with E-state index >= 15 is 0 Å². The van der Waals surface area contributed by atoms with Gasteiger partial charge in [-0.1, -0.05) is 20.8 Å². The number of hydrogen-bond acceptors (Lipinski definition) is 3. The van der Waals surface area contributed by atoms with Crippen LogP contribution in [0.4, 0.5) is 4.39 Å². The molecule has 108 valence electrons. The molecule has 3 nitrogen and oxygen atoms in total. The standard InChI is InChI=1S/C14H28FNO2/c1-10(16-14(5,6)7)8-18-9-11(15)12(17)13(2,3)4/h10-11,16H,8-9H2,1-7H3/t10-,11-/m0/s1. The van der Waals surface area contributed by atoms with Gasteiger partial charge in [-0.2, -0.15) is 0 Å². The molecule has 0 heterocycles. The maximum Gasteiger partial charge on any atom is 0.182 e. The van der Waals surface area contributed by atoms with Crippen LogP contribution in [0.2, 0.25) is 0 Å². The number of ether oxygens (including phenoxy) is 1. The number of ketones is 1. The van der Waals surface area contributed by atoms with Crippen LogP contribution in [0, 0.1) is 5.41 Å². The zero-order valence-electron chi connectivity index (χ0n) is 12.8. The van der Waals surface area contributed by atoms with Crippen LogP contribution >= 0.6 is 0 Å². The number of halogens is 1. The number of carbonyl (C=O) groups is 1. The van der Waals surface area contributed by atoms with Crippen molar-refractivity contribution in [3.8, 4) is 0 Å². The van der Waals surface area contributed by atoms with Gasteiger partial charge >= 0.3 is 0 Å². The molecule has 0 fully saturated rings. The van der Waals surface area contributed by atoms with Crippen LogP contribution in [0.15, 0.2) is 0 Å². The number of alkyl halides is 1. The summed E-state index contributed by atoms with van der Waals surface area (Å²) >= 11 is 0. The summed E-state index contributed by atoms with van der Waals surface area (Å²) in [5.41, 5.74) is -0.656. The number of rotatable bonds is 6. The van der Waals surface area contributed by atoms with E-state index in [2.05, 4.69) is 26.1 Å². The molecule has 0 saturated heterocycles.